The van der Waals surface area contributed by atoms with Crippen LogP contribution >= 0.6 is 0 Å². The Kier molecular flexibility index (Phi) is 9.72. The van der Waals surface area contributed by atoms with Crippen LogP contribution in [-0.4, -0.2) is 40.4 Å². The largest absolute Gasteiger partial charge is 0.401 e. The summed E-state index contributed by atoms with van der Waals surface area (Å²) in [6, 6.07) is 0. The number of rotatable bonds is 12. The van der Waals surface area contributed by atoms with Crippen molar-refractivity contribution >= 4 is 0 Å². The number of hydrogen-bond acceptors (Lipinski definition) is 6. The van der Waals surface area contributed by atoms with Gasteiger partial charge in [0.2, 0.25) is 0 Å². The van der Waals surface area contributed by atoms with E-state index in [2.05, 4.69) is 81.5 Å². The maximum atomic E-state index is 6.42. The van der Waals surface area contributed by atoms with E-state index in [-0.39, 0.29) is 21.9 Å². The highest BCUT2D eigenvalue weighted by Gasteiger charge is 2.40. The quantitative estimate of drug-likeness (QED) is 0.263. The molecule has 0 spiro atoms. The average Bonchev–Trinajstić information content (AvgIpc) is 2.47. The molecule has 31 heavy (non-hydrogen) atoms. The zero-order chi connectivity index (χ0) is 25.1. The summed E-state index contributed by atoms with van der Waals surface area (Å²) in [4.78, 5) is 0. The highest BCUT2D eigenvalue weighted by Crippen LogP contribution is 2.37. The number of nitrogens with two attached hydrogens (primary N) is 3. The number of allylic oxidation sites excluding steroid dienone is 1. The number of hydrogen-bond donors (Lipinski definition) is 4. The van der Waals surface area contributed by atoms with Crippen LogP contribution in [0.5, 0.6) is 0 Å². The minimum absolute atomic E-state index is 0.106. The SMILES string of the molecule is CC(C)(C)CC(C)(C)C/C(N)=C/N(N)C(C)(C)COC(C)(C)C(C)(C)NCC(C)(C)N. The third kappa shape index (κ3) is 11.6. The minimum atomic E-state index is -0.430. The van der Waals surface area contributed by atoms with E-state index in [1.165, 1.54) is 0 Å². The average molecular weight is 442 g/mol. The van der Waals surface area contributed by atoms with Gasteiger partial charge in [-0.25, -0.2) is 5.84 Å². The van der Waals surface area contributed by atoms with Gasteiger partial charge < -0.3 is 26.5 Å². The van der Waals surface area contributed by atoms with Crippen LogP contribution in [0.25, 0.3) is 0 Å². The van der Waals surface area contributed by atoms with Crippen LogP contribution in [0.15, 0.2) is 11.9 Å². The first-order valence-corrected chi connectivity index (χ1v) is 11.6. The molecule has 0 bridgehead atoms. The van der Waals surface area contributed by atoms with Crippen molar-refractivity contribution in [2.24, 2.45) is 28.1 Å². The Balaban J connectivity index is 5.12. The van der Waals surface area contributed by atoms with E-state index in [9.17, 15) is 0 Å². The van der Waals surface area contributed by atoms with Crippen LogP contribution < -0.4 is 22.6 Å². The summed E-state index contributed by atoms with van der Waals surface area (Å²) in [6.07, 6.45) is 3.74. The van der Waals surface area contributed by atoms with Gasteiger partial charge in [0, 0.05) is 29.5 Å². The summed E-state index contributed by atoms with van der Waals surface area (Å²) in [6.45, 7) is 29.1. The highest BCUT2D eigenvalue weighted by atomic mass is 16.5. The maximum Gasteiger partial charge on any atom is 0.0802 e. The Labute approximate surface area is 193 Å². The fourth-order valence-corrected chi connectivity index (χ4v) is 3.72. The van der Waals surface area contributed by atoms with E-state index in [1.807, 2.05) is 20.0 Å². The number of hydrazine groups is 1. The number of ether oxygens (including phenoxy) is 1. The summed E-state index contributed by atoms with van der Waals surface area (Å²) < 4.78 is 6.40. The molecule has 0 saturated carbocycles. The van der Waals surface area contributed by atoms with Crippen LogP contribution in [0.4, 0.5) is 0 Å². The van der Waals surface area contributed by atoms with Crippen molar-refractivity contribution in [3.8, 4) is 0 Å². The van der Waals surface area contributed by atoms with E-state index >= 15 is 0 Å². The second-order valence-corrected chi connectivity index (χ2v) is 13.8. The van der Waals surface area contributed by atoms with Crippen molar-refractivity contribution in [1.29, 1.82) is 0 Å². The summed E-state index contributed by atoms with van der Waals surface area (Å²) in [5.74, 6) is 6.42. The molecule has 0 unspecified atom stereocenters. The predicted octanol–water partition coefficient (Wildman–Crippen LogP) is 4.49. The second kappa shape index (κ2) is 9.98. The fraction of sp³-hybridized carbons (Fsp3) is 0.920. The molecule has 0 amide bonds. The van der Waals surface area contributed by atoms with Gasteiger partial charge in [0.05, 0.1) is 17.7 Å². The molecular weight excluding hydrogens is 386 g/mol. The molecule has 0 aliphatic heterocycles. The topological polar surface area (TPSA) is 103 Å². The minimum Gasteiger partial charge on any atom is -0.401 e. The zero-order valence-corrected chi connectivity index (χ0v) is 23.0. The van der Waals surface area contributed by atoms with Crippen LogP contribution in [0.2, 0.25) is 0 Å². The molecule has 186 valence electrons. The lowest BCUT2D eigenvalue weighted by Gasteiger charge is -2.46. The van der Waals surface area contributed by atoms with Crippen molar-refractivity contribution in [2.75, 3.05) is 13.2 Å². The van der Waals surface area contributed by atoms with Gasteiger partial charge in [-0.05, 0) is 79.1 Å². The first-order chi connectivity index (χ1) is 13.4. The Bertz CT molecular complexity index is 592. The Morgan fingerprint density at radius 3 is 1.81 bits per heavy atom. The third-order valence-corrected chi connectivity index (χ3v) is 5.97. The summed E-state index contributed by atoms with van der Waals surface area (Å²) >= 11 is 0. The molecule has 0 heterocycles. The molecule has 6 nitrogen and oxygen atoms in total. The van der Waals surface area contributed by atoms with E-state index in [0.29, 0.717) is 13.2 Å². The van der Waals surface area contributed by atoms with Gasteiger partial charge in [0.15, 0.2) is 0 Å². The molecule has 0 aliphatic carbocycles. The zero-order valence-electron chi connectivity index (χ0n) is 23.0. The molecule has 0 aromatic carbocycles. The Morgan fingerprint density at radius 1 is 0.903 bits per heavy atom. The monoisotopic (exact) mass is 441 g/mol. The van der Waals surface area contributed by atoms with Gasteiger partial charge in [-0.1, -0.05) is 34.6 Å². The second-order valence-electron chi connectivity index (χ2n) is 13.8. The molecule has 0 aromatic rings. The molecule has 0 aliphatic rings. The first-order valence-electron chi connectivity index (χ1n) is 11.6. The van der Waals surface area contributed by atoms with E-state index in [0.717, 1.165) is 18.5 Å². The van der Waals surface area contributed by atoms with Crippen molar-refractivity contribution < 1.29 is 4.74 Å². The summed E-state index contributed by atoms with van der Waals surface area (Å²) in [5, 5.41) is 5.24. The van der Waals surface area contributed by atoms with Gasteiger partial charge in [0.1, 0.15) is 0 Å². The Hall–Kier alpha value is -0.820. The molecule has 0 fully saturated rings. The molecule has 6 heteroatoms. The van der Waals surface area contributed by atoms with Gasteiger partial charge >= 0.3 is 0 Å². The van der Waals surface area contributed by atoms with Crippen molar-refractivity contribution in [1.82, 2.24) is 10.3 Å². The Morgan fingerprint density at radius 2 is 1.39 bits per heavy atom. The molecular formula is C25H55N5O. The fourth-order valence-electron chi connectivity index (χ4n) is 3.72. The van der Waals surface area contributed by atoms with Crippen LogP contribution in [0.1, 0.15) is 103 Å². The van der Waals surface area contributed by atoms with Crippen molar-refractivity contribution in [2.45, 2.75) is 125 Å². The number of nitrogens with one attached hydrogen (secondary N) is 1. The molecule has 0 radical (unpaired) electrons. The van der Waals surface area contributed by atoms with Gasteiger partial charge in [0.25, 0.3) is 0 Å². The lowest BCUT2D eigenvalue weighted by atomic mass is 9.74. The van der Waals surface area contributed by atoms with Crippen LogP contribution in [-0.2, 0) is 4.74 Å². The lowest BCUT2D eigenvalue weighted by molar-refractivity contribution is -0.105. The molecule has 0 aromatic heterocycles. The van der Waals surface area contributed by atoms with Gasteiger partial charge in [-0.2, -0.15) is 0 Å². The molecule has 0 atom stereocenters. The van der Waals surface area contributed by atoms with Crippen LogP contribution in [0.3, 0.4) is 0 Å². The molecule has 7 N–H and O–H groups in total. The lowest BCUT2D eigenvalue weighted by Crippen LogP contribution is -2.62. The number of nitrogens with zero attached hydrogens (tertiary/aromatic N) is 1. The van der Waals surface area contributed by atoms with Gasteiger partial charge in [-0.15, -0.1) is 0 Å². The van der Waals surface area contributed by atoms with Crippen LogP contribution in [0, 0.1) is 10.8 Å². The standard InChI is InChI=1S/C25H55N5O/c1-20(2,3)16-21(4,5)14-19(26)15-30(28)23(8,9)18-31-25(12,13)24(10,11)29-17-22(6,7)27/h15,29H,14,16-18,26-28H2,1-13H3/b19-15-. The summed E-state index contributed by atoms with van der Waals surface area (Å²) in [7, 11) is 0. The summed E-state index contributed by atoms with van der Waals surface area (Å²) in [5.41, 5.74) is 12.3. The van der Waals surface area contributed by atoms with Gasteiger partial charge in [-0.3, -0.25) is 0 Å². The van der Waals surface area contributed by atoms with Crippen molar-refractivity contribution in [3.63, 3.8) is 0 Å². The van der Waals surface area contributed by atoms with Crippen molar-refractivity contribution in [3.05, 3.63) is 11.9 Å². The predicted molar refractivity (Wildman–Crippen MR) is 135 cm³/mol. The third-order valence-electron chi connectivity index (χ3n) is 5.97. The normalized spacial score (nSPS) is 15.4. The van der Waals surface area contributed by atoms with E-state index < -0.39 is 11.1 Å². The first kappa shape index (κ1) is 30.2. The molecule has 0 rings (SSSR count). The highest BCUT2D eigenvalue weighted by molar-refractivity contribution is 5.03. The molecule has 0 saturated heterocycles. The smallest absolute Gasteiger partial charge is 0.0802 e. The maximum absolute atomic E-state index is 6.42. The van der Waals surface area contributed by atoms with E-state index in [1.54, 1.807) is 5.01 Å². The van der Waals surface area contributed by atoms with E-state index in [4.69, 9.17) is 22.0 Å².